The molecule has 0 unspecified atom stereocenters. The van der Waals surface area contributed by atoms with Gasteiger partial charge in [-0.05, 0) is 6.07 Å². The molecule has 0 amide bonds. The van der Waals surface area contributed by atoms with E-state index < -0.39 is 6.10 Å². The van der Waals surface area contributed by atoms with E-state index in [0.29, 0.717) is 46.9 Å². The molecule has 4 atom stereocenters. The van der Waals surface area contributed by atoms with Crippen LogP contribution in [-0.2, 0) is 16.0 Å². The third kappa shape index (κ3) is 3.10. The van der Waals surface area contributed by atoms with Crippen molar-refractivity contribution in [2.45, 2.75) is 31.0 Å². The summed E-state index contributed by atoms with van der Waals surface area (Å²) in [6.07, 6.45) is 1.31. The fraction of sp³-hybridized carbons (Fsp3) is 0.438. The monoisotopic (exact) mass is 393 g/mol. The topological polar surface area (TPSA) is 128 Å². The molecule has 11 heteroatoms. The van der Waals surface area contributed by atoms with Gasteiger partial charge in [-0.3, -0.25) is 0 Å². The average Bonchev–Trinajstić information content (AvgIpc) is 3.41. The van der Waals surface area contributed by atoms with Crippen LogP contribution in [0.3, 0.4) is 0 Å². The highest BCUT2D eigenvalue weighted by molar-refractivity contribution is 6.33. The standard InChI is InChI=1S/C16H16ClN5O5/c17-8-1-9-15(21-14(8)19-3-7-2-18-6-26-7)22-16(20-9)27-11-5-25-12-10(23)4-24-13(11)12/h1-2,6,10-13,23H,3-5H2,(H2,19,20,21,22)/t10-,11-,12-,13-/m1/s1. The molecule has 27 heavy (non-hydrogen) atoms. The first kappa shape index (κ1) is 16.8. The van der Waals surface area contributed by atoms with Crippen LogP contribution in [0.1, 0.15) is 5.76 Å². The van der Waals surface area contributed by atoms with Crippen LogP contribution in [0, 0.1) is 0 Å². The highest BCUT2D eigenvalue weighted by Crippen LogP contribution is 2.30. The summed E-state index contributed by atoms with van der Waals surface area (Å²) in [5, 5.41) is 13.3. The lowest BCUT2D eigenvalue weighted by Gasteiger charge is -2.15. The van der Waals surface area contributed by atoms with Gasteiger partial charge < -0.3 is 34.0 Å². The Morgan fingerprint density at radius 3 is 3.04 bits per heavy atom. The molecule has 3 aromatic heterocycles. The molecule has 10 nitrogen and oxygen atoms in total. The van der Waals surface area contributed by atoms with Crippen LogP contribution in [0.15, 0.2) is 23.1 Å². The van der Waals surface area contributed by atoms with Gasteiger partial charge in [0.1, 0.15) is 29.9 Å². The van der Waals surface area contributed by atoms with Crippen molar-refractivity contribution in [3.63, 3.8) is 0 Å². The second kappa shape index (κ2) is 6.64. The van der Waals surface area contributed by atoms with Gasteiger partial charge in [0.05, 0.1) is 36.5 Å². The van der Waals surface area contributed by atoms with Gasteiger partial charge in [-0.2, -0.15) is 4.98 Å². The van der Waals surface area contributed by atoms with Crippen molar-refractivity contribution in [3.8, 4) is 6.01 Å². The van der Waals surface area contributed by atoms with Gasteiger partial charge in [-0.15, -0.1) is 0 Å². The second-order valence-electron chi connectivity index (χ2n) is 6.37. The number of rotatable bonds is 5. The zero-order chi connectivity index (χ0) is 18.4. The molecule has 5 rings (SSSR count). The number of aliphatic hydroxyl groups excluding tert-OH is 1. The number of pyridine rings is 1. The van der Waals surface area contributed by atoms with Crippen LogP contribution >= 0.6 is 11.6 Å². The van der Waals surface area contributed by atoms with Crippen LogP contribution in [0.2, 0.25) is 5.02 Å². The van der Waals surface area contributed by atoms with E-state index in [1.165, 1.54) is 6.39 Å². The highest BCUT2D eigenvalue weighted by Gasteiger charge is 2.48. The van der Waals surface area contributed by atoms with Crippen molar-refractivity contribution >= 4 is 28.6 Å². The van der Waals surface area contributed by atoms with Crippen LogP contribution < -0.4 is 10.1 Å². The minimum absolute atomic E-state index is 0.243. The summed E-state index contributed by atoms with van der Waals surface area (Å²) in [7, 11) is 0. The zero-order valence-electron chi connectivity index (χ0n) is 14.0. The molecule has 0 aromatic carbocycles. The van der Waals surface area contributed by atoms with Crippen molar-refractivity contribution in [2.75, 3.05) is 18.5 Å². The van der Waals surface area contributed by atoms with Gasteiger partial charge in [0.2, 0.25) is 0 Å². The number of hydrogen-bond acceptors (Lipinski definition) is 9. The number of aromatic amines is 1. The average molecular weight is 394 g/mol. The zero-order valence-corrected chi connectivity index (χ0v) is 14.7. The van der Waals surface area contributed by atoms with Crippen LogP contribution in [0.25, 0.3) is 11.2 Å². The number of anilines is 1. The molecule has 0 saturated carbocycles. The fourth-order valence-corrected chi connectivity index (χ4v) is 3.48. The van der Waals surface area contributed by atoms with Crippen molar-refractivity contribution in [1.29, 1.82) is 0 Å². The lowest BCUT2D eigenvalue weighted by molar-refractivity contribution is 0.00706. The number of fused-ring (bicyclic) bond motifs is 2. The Balaban J connectivity index is 1.33. The van der Waals surface area contributed by atoms with Gasteiger partial charge in [0, 0.05) is 0 Å². The number of hydrogen-bond donors (Lipinski definition) is 3. The Morgan fingerprint density at radius 1 is 1.30 bits per heavy atom. The van der Waals surface area contributed by atoms with Crippen molar-refractivity contribution < 1.29 is 23.7 Å². The van der Waals surface area contributed by atoms with Gasteiger partial charge >= 0.3 is 0 Å². The molecule has 2 fully saturated rings. The predicted molar refractivity (Wildman–Crippen MR) is 92.6 cm³/mol. The summed E-state index contributed by atoms with van der Waals surface area (Å²) < 4.78 is 22.1. The first-order valence-corrected chi connectivity index (χ1v) is 8.80. The molecule has 2 saturated heterocycles. The number of ether oxygens (including phenoxy) is 3. The van der Waals surface area contributed by atoms with E-state index in [1.807, 2.05) is 0 Å². The van der Waals surface area contributed by atoms with Crippen molar-refractivity contribution in [3.05, 3.63) is 29.4 Å². The van der Waals surface area contributed by atoms with E-state index in [4.69, 9.17) is 30.2 Å². The van der Waals surface area contributed by atoms with Crippen LogP contribution in [-0.4, -0.2) is 62.7 Å². The maximum Gasteiger partial charge on any atom is 0.296 e. The third-order valence-electron chi connectivity index (χ3n) is 4.56. The molecule has 0 bridgehead atoms. The number of aromatic nitrogens is 4. The molecule has 5 heterocycles. The van der Waals surface area contributed by atoms with E-state index in [1.54, 1.807) is 12.3 Å². The van der Waals surface area contributed by atoms with Crippen molar-refractivity contribution in [2.24, 2.45) is 0 Å². The van der Waals surface area contributed by atoms with Gasteiger partial charge in [0.25, 0.3) is 6.01 Å². The first-order valence-electron chi connectivity index (χ1n) is 8.43. The van der Waals surface area contributed by atoms with Gasteiger partial charge in [-0.25, -0.2) is 9.97 Å². The van der Waals surface area contributed by atoms with Crippen LogP contribution in [0.4, 0.5) is 5.82 Å². The van der Waals surface area contributed by atoms with Crippen molar-refractivity contribution in [1.82, 2.24) is 19.9 Å². The lowest BCUT2D eigenvalue weighted by atomic mass is 10.1. The predicted octanol–water partition coefficient (Wildman–Crippen LogP) is 1.12. The number of H-pyrrole nitrogens is 1. The number of nitrogens with one attached hydrogen (secondary N) is 2. The number of halogens is 1. The van der Waals surface area contributed by atoms with Crippen LogP contribution in [0.5, 0.6) is 6.01 Å². The Bertz CT molecular complexity index is 948. The van der Waals surface area contributed by atoms with E-state index in [9.17, 15) is 5.11 Å². The second-order valence-corrected chi connectivity index (χ2v) is 6.78. The minimum atomic E-state index is -0.627. The molecule has 2 aliphatic heterocycles. The largest absolute Gasteiger partial charge is 0.456 e. The highest BCUT2D eigenvalue weighted by atomic mass is 35.5. The van der Waals surface area contributed by atoms with Gasteiger partial charge in [-0.1, -0.05) is 11.6 Å². The van der Waals surface area contributed by atoms with E-state index in [2.05, 4.69) is 25.3 Å². The molecule has 0 radical (unpaired) electrons. The minimum Gasteiger partial charge on any atom is -0.456 e. The Labute approximate surface area is 157 Å². The summed E-state index contributed by atoms with van der Waals surface area (Å²) in [5.74, 6) is 1.14. The quantitative estimate of drug-likeness (QED) is 0.584. The molecule has 3 aromatic rings. The first-order chi connectivity index (χ1) is 13.2. The maximum absolute atomic E-state index is 9.81. The maximum atomic E-state index is 9.81. The summed E-state index contributed by atoms with van der Waals surface area (Å²) >= 11 is 6.28. The van der Waals surface area contributed by atoms with E-state index >= 15 is 0 Å². The number of oxazole rings is 1. The number of nitrogens with zero attached hydrogens (tertiary/aromatic N) is 3. The van der Waals surface area contributed by atoms with Gasteiger partial charge in [0.15, 0.2) is 18.1 Å². The molecule has 142 valence electrons. The fourth-order valence-electron chi connectivity index (χ4n) is 3.26. The number of aliphatic hydroxyl groups is 1. The van der Waals surface area contributed by atoms with E-state index in [-0.39, 0.29) is 24.9 Å². The Hall–Kier alpha value is -2.40. The Kier molecular flexibility index (Phi) is 4.12. The van der Waals surface area contributed by atoms with E-state index in [0.717, 1.165) is 0 Å². The molecule has 0 aliphatic carbocycles. The SMILES string of the molecule is O[C@@H]1CO[C@H]2[C@@H]1OC[C@H]2Oc1nc2nc(NCc3cnco3)c(Cl)cc2[nH]1. The molecular formula is C16H16ClN5O5. The molecule has 0 spiro atoms. The molecule has 3 N–H and O–H groups in total. The smallest absolute Gasteiger partial charge is 0.296 e. The Morgan fingerprint density at radius 2 is 2.19 bits per heavy atom. The molecule has 2 aliphatic rings. The normalized spacial score (nSPS) is 27.2. The number of imidazole rings is 1. The summed E-state index contributed by atoms with van der Waals surface area (Å²) in [6, 6.07) is 2.01. The summed E-state index contributed by atoms with van der Waals surface area (Å²) in [5.41, 5.74) is 1.10. The summed E-state index contributed by atoms with van der Waals surface area (Å²) in [4.78, 5) is 15.7. The third-order valence-corrected chi connectivity index (χ3v) is 4.85. The molecular weight excluding hydrogens is 378 g/mol. The summed E-state index contributed by atoms with van der Waals surface area (Å²) in [6.45, 7) is 0.961. The lowest BCUT2D eigenvalue weighted by Crippen LogP contribution is -2.34.